The molecule has 3 N–H and O–H groups in total. The number of ether oxygens (including phenoxy) is 2. The average molecular weight is 603 g/mol. The molecular weight excluding hydrogens is 568 g/mol. The first-order chi connectivity index (χ1) is 20.9. The summed E-state index contributed by atoms with van der Waals surface area (Å²) >= 11 is 1.57. The molecule has 0 saturated heterocycles. The van der Waals surface area contributed by atoms with E-state index < -0.39 is 11.9 Å². The Balaban J connectivity index is 1.27. The molecule has 2 amide bonds. The van der Waals surface area contributed by atoms with Crippen molar-refractivity contribution in [3.63, 3.8) is 0 Å². The second-order valence-electron chi connectivity index (χ2n) is 10.5. The molecule has 1 saturated carbocycles. The molecule has 2 heterocycles. The van der Waals surface area contributed by atoms with Gasteiger partial charge in [0.05, 0.1) is 24.4 Å². The molecule has 1 fully saturated rings. The lowest BCUT2D eigenvalue weighted by molar-refractivity contribution is -0.124. The van der Waals surface area contributed by atoms with Gasteiger partial charge >= 0.3 is 5.97 Å². The van der Waals surface area contributed by atoms with E-state index in [0.29, 0.717) is 24.7 Å². The van der Waals surface area contributed by atoms with Crippen molar-refractivity contribution in [1.82, 2.24) is 15.1 Å². The van der Waals surface area contributed by atoms with E-state index in [0.717, 1.165) is 47.1 Å². The van der Waals surface area contributed by atoms with E-state index >= 15 is 0 Å². The lowest BCUT2D eigenvalue weighted by atomic mass is 9.92. The van der Waals surface area contributed by atoms with Crippen LogP contribution < -0.4 is 15.4 Å². The number of aromatic nitrogens is 2. The third kappa shape index (κ3) is 8.08. The minimum absolute atomic E-state index is 0.0571. The highest BCUT2D eigenvalue weighted by Gasteiger charge is 2.28. The Labute approximate surface area is 253 Å². The zero-order chi connectivity index (χ0) is 30.2. The number of carboxylic acid groups (broad SMARTS) is 1. The van der Waals surface area contributed by atoms with Crippen molar-refractivity contribution in [3.05, 3.63) is 99.5 Å². The van der Waals surface area contributed by atoms with Crippen LogP contribution in [0.2, 0.25) is 0 Å². The van der Waals surface area contributed by atoms with Crippen molar-refractivity contribution in [2.24, 2.45) is 0 Å². The van der Waals surface area contributed by atoms with Gasteiger partial charge in [-0.25, -0.2) is 9.48 Å². The van der Waals surface area contributed by atoms with Gasteiger partial charge < -0.3 is 25.2 Å². The fraction of sp³-hybridized carbons (Fsp3) is 0.312. The van der Waals surface area contributed by atoms with Crippen molar-refractivity contribution in [3.8, 4) is 5.75 Å². The van der Waals surface area contributed by atoms with Crippen molar-refractivity contribution < 1.29 is 29.0 Å². The molecule has 1 aliphatic carbocycles. The predicted molar refractivity (Wildman–Crippen MR) is 162 cm³/mol. The Morgan fingerprint density at radius 1 is 1.02 bits per heavy atom. The first kappa shape index (κ1) is 30.0. The van der Waals surface area contributed by atoms with Gasteiger partial charge in [-0.15, -0.1) is 0 Å². The topological polar surface area (TPSA) is 132 Å². The minimum atomic E-state index is -1.30. The van der Waals surface area contributed by atoms with E-state index in [4.69, 9.17) is 9.47 Å². The quantitative estimate of drug-likeness (QED) is 0.197. The van der Waals surface area contributed by atoms with E-state index in [1.54, 1.807) is 23.5 Å². The number of carbonyl (C=O) groups is 3. The molecule has 0 spiro atoms. The van der Waals surface area contributed by atoms with Crippen LogP contribution in [0.1, 0.15) is 63.4 Å². The fourth-order valence-corrected chi connectivity index (χ4v) is 5.69. The lowest BCUT2D eigenvalue weighted by Crippen LogP contribution is -2.47. The number of hydrogen-bond donors (Lipinski definition) is 3. The number of hydrogen-bond acceptors (Lipinski definition) is 7. The molecule has 0 aliphatic heterocycles. The molecule has 11 heteroatoms. The maximum Gasteiger partial charge on any atom is 0.356 e. The van der Waals surface area contributed by atoms with Crippen molar-refractivity contribution >= 4 is 34.8 Å². The Morgan fingerprint density at radius 3 is 2.60 bits per heavy atom. The lowest BCUT2D eigenvalue weighted by Gasteiger charge is -2.32. The van der Waals surface area contributed by atoms with Gasteiger partial charge in [-0.1, -0.05) is 49.2 Å². The number of amides is 2. The van der Waals surface area contributed by atoms with Gasteiger partial charge in [0.25, 0.3) is 5.91 Å². The monoisotopic (exact) mass is 602 g/mol. The Bertz CT molecular complexity index is 1550. The zero-order valence-electron chi connectivity index (χ0n) is 23.8. The largest absolute Gasteiger partial charge is 0.487 e. The summed E-state index contributed by atoms with van der Waals surface area (Å²) in [6.45, 7) is 2.33. The van der Waals surface area contributed by atoms with Gasteiger partial charge in [-0.3, -0.25) is 9.59 Å². The molecule has 4 aromatic rings. The number of aryl methyl sites for hydroxylation is 1. The number of aromatic carboxylic acids is 1. The van der Waals surface area contributed by atoms with E-state index in [1.807, 2.05) is 60.1 Å². The van der Waals surface area contributed by atoms with E-state index in [9.17, 15) is 19.5 Å². The number of thiophene rings is 1. The molecule has 0 bridgehead atoms. The van der Waals surface area contributed by atoms with Gasteiger partial charge in [0, 0.05) is 6.07 Å². The first-order valence-electron chi connectivity index (χ1n) is 14.2. The summed E-state index contributed by atoms with van der Waals surface area (Å²) in [5, 5.41) is 23.4. The fourth-order valence-electron chi connectivity index (χ4n) is 5.04. The zero-order valence-corrected chi connectivity index (χ0v) is 24.6. The van der Waals surface area contributed by atoms with Crippen molar-refractivity contribution in [2.75, 3.05) is 5.32 Å². The molecular formula is C32H34N4O6S. The Hall–Kier alpha value is -4.48. The number of anilines is 1. The summed E-state index contributed by atoms with van der Waals surface area (Å²) < 4.78 is 13.2. The van der Waals surface area contributed by atoms with Crippen LogP contribution >= 0.6 is 11.3 Å². The molecule has 1 aliphatic rings. The molecule has 2 atom stereocenters. The summed E-state index contributed by atoms with van der Waals surface area (Å²) in [6.07, 6.45) is 3.40. The molecule has 0 unspecified atom stereocenters. The number of nitrogens with zero attached hydrogens (tertiary/aromatic N) is 2. The molecule has 224 valence electrons. The second-order valence-corrected chi connectivity index (χ2v) is 11.3. The van der Waals surface area contributed by atoms with Crippen molar-refractivity contribution in [2.45, 2.75) is 64.5 Å². The van der Waals surface area contributed by atoms with Crippen LogP contribution in [0.15, 0.2) is 71.4 Å². The van der Waals surface area contributed by atoms with Gasteiger partial charge in [0.15, 0.2) is 5.69 Å². The molecule has 2 aromatic heterocycles. The second kappa shape index (κ2) is 14.1. The first-order valence-corrected chi connectivity index (χ1v) is 15.1. The summed E-state index contributed by atoms with van der Waals surface area (Å²) in [4.78, 5) is 38.4. The maximum absolute atomic E-state index is 13.4. The van der Waals surface area contributed by atoms with Crippen LogP contribution in [-0.4, -0.2) is 44.8 Å². The number of rotatable bonds is 12. The highest BCUT2D eigenvalue weighted by Crippen LogP contribution is 2.28. The van der Waals surface area contributed by atoms with E-state index in [1.165, 1.54) is 6.07 Å². The van der Waals surface area contributed by atoms with Crippen LogP contribution in [0, 0.1) is 6.92 Å². The standard InChI is InChI=1S/C32H34N4O6S/c1-21-11-12-29(42-19-23-13-14-43-20-23)25(15-21)34-31(38)27-16-26(32(39)40)35-36(27)17-30(37)33-24-9-5-6-10-28(24)41-18-22-7-3-2-4-8-22/h2-4,7-8,11-16,20,24,28H,5-6,9-10,17-19H2,1H3,(H,33,37)(H,34,38)(H,39,40)/t24-,28-/m0/s1. The maximum atomic E-state index is 13.4. The third-order valence-electron chi connectivity index (χ3n) is 7.24. The molecule has 43 heavy (non-hydrogen) atoms. The average Bonchev–Trinajstić information content (AvgIpc) is 3.67. The normalized spacial score (nSPS) is 16.4. The Kier molecular flexibility index (Phi) is 9.85. The van der Waals surface area contributed by atoms with Gasteiger partial charge in [0.2, 0.25) is 5.91 Å². The molecule has 5 rings (SSSR count). The summed E-state index contributed by atoms with van der Waals surface area (Å²) in [6, 6.07) is 18.2. The van der Waals surface area contributed by atoms with Gasteiger partial charge in [0.1, 0.15) is 24.6 Å². The smallest absolute Gasteiger partial charge is 0.356 e. The third-order valence-corrected chi connectivity index (χ3v) is 7.97. The van der Waals surface area contributed by atoms with Crippen LogP contribution in [0.3, 0.4) is 0 Å². The van der Waals surface area contributed by atoms with Crippen LogP contribution in [0.5, 0.6) is 5.75 Å². The number of carboxylic acids is 1. The van der Waals surface area contributed by atoms with E-state index in [2.05, 4.69) is 15.7 Å². The summed E-state index contributed by atoms with van der Waals surface area (Å²) in [5.74, 6) is -1.83. The number of carbonyl (C=O) groups excluding carboxylic acids is 2. The Morgan fingerprint density at radius 2 is 1.84 bits per heavy atom. The summed E-state index contributed by atoms with van der Waals surface area (Å²) in [5.41, 5.74) is 2.99. The predicted octanol–water partition coefficient (Wildman–Crippen LogP) is 5.43. The summed E-state index contributed by atoms with van der Waals surface area (Å²) in [7, 11) is 0. The van der Waals surface area contributed by atoms with Crippen LogP contribution in [0.4, 0.5) is 5.69 Å². The SMILES string of the molecule is Cc1ccc(OCc2ccsc2)c(NC(=O)c2cc(C(=O)O)nn2CC(=O)N[C@H]2CCCC[C@@H]2OCc2ccccc2)c1. The van der Waals surface area contributed by atoms with Gasteiger partial charge in [-0.2, -0.15) is 16.4 Å². The van der Waals surface area contributed by atoms with Crippen LogP contribution in [0.25, 0.3) is 0 Å². The highest BCUT2D eigenvalue weighted by molar-refractivity contribution is 7.07. The molecule has 2 aromatic carbocycles. The van der Waals surface area contributed by atoms with Gasteiger partial charge in [-0.05, 0) is 65.4 Å². The number of nitrogens with one attached hydrogen (secondary N) is 2. The van der Waals surface area contributed by atoms with E-state index in [-0.39, 0.29) is 36.0 Å². The van der Waals surface area contributed by atoms with Crippen molar-refractivity contribution in [1.29, 1.82) is 0 Å². The number of benzene rings is 2. The van der Waals surface area contributed by atoms with Crippen LogP contribution in [-0.2, 0) is 29.3 Å². The minimum Gasteiger partial charge on any atom is -0.487 e. The molecule has 10 nitrogen and oxygen atoms in total. The highest BCUT2D eigenvalue weighted by atomic mass is 32.1. The molecule has 0 radical (unpaired) electrons.